The molecule has 1 rings (SSSR count). The van der Waals surface area contributed by atoms with Crippen LogP contribution in [-0.2, 0) is 129 Å². The summed E-state index contributed by atoms with van der Waals surface area (Å²) in [4.78, 5) is 211. The quantitative estimate of drug-likeness (QED) is 0.0333. The third-order valence-electron chi connectivity index (χ3n) is 17.9. The summed E-state index contributed by atoms with van der Waals surface area (Å²) in [6, 6.07) is 0. The highest BCUT2D eigenvalue weighted by molar-refractivity contribution is 5.89. The van der Waals surface area contributed by atoms with E-state index in [9.17, 15) is 57.5 Å². The molecule has 0 amide bonds. The molecule has 117 heavy (non-hydrogen) atoms. The number of rotatable bonds is 67. The third kappa shape index (κ3) is 46.3. The van der Waals surface area contributed by atoms with Crippen LogP contribution in [0.1, 0.15) is 224 Å². The number of hydrogen-bond acceptors (Lipinski definition) is 29. The number of esters is 11. The number of Topliss-reactive ketones (excluding diaryl/α,β-unsaturated/α-hetero) is 1. The summed E-state index contributed by atoms with van der Waals surface area (Å²) >= 11 is 0. The van der Waals surface area contributed by atoms with E-state index in [0.29, 0.717) is 65.0 Å². The summed E-state index contributed by atoms with van der Waals surface area (Å²) in [5.74, 6) is -10.2. The molecule has 3 atom stereocenters. The maximum atomic E-state index is 15.8. The predicted molar refractivity (Wildman–Crippen MR) is 437 cm³/mol. The van der Waals surface area contributed by atoms with Gasteiger partial charge in [-0.25, -0.2) is 56.9 Å². The molecule has 0 bridgehead atoms. The Balaban J connectivity index is 4.44. The average molecular weight is 1660 g/mol. The molecule has 0 spiro atoms. The van der Waals surface area contributed by atoms with Gasteiger partial charge in [-0.05, 0) is 145 Å². The first-order valence-electron chi connectivity index (χ1n) is 41.0. The minimum absolute atomic E-state index is 0.0322. The molecule has 0 aliphatic carbocycles. The average Bonchev–Trinajstić information content (AvgIpc) is 0.773. The number of unbranched alkanes of at least 4 members (excludes halogenated alkanes) is 6. The number of hydrogen-bond donors (Lipinski definition) is 0. The summed E-state index contributed by atoms with van der Waals surface area (Å²) < 4.78 is 62.8. The maximum absolute atomic E-state index is 15.8. The zero-order chi connectivity index (χ0) is 88.1. The van der Waals surface area contributed by atoms with Crippen molar-refractivity contribution in [3.05, 3.63) is 104 Å². The Morgan fingerprint density at radius 2 is 0.496 bits per heavy atom. The number of aromatic nitrogens is 3. The number of nitrogens with zero attached hydrogens (tertiary/aromatic N) is 6. The molecule has 1 heterocycles. The molecule has 0 fully saturated rings. The predicted octanol–water partition coefficient (Wildman–Crippen LogP) is 9.24. The Labute approximate surface area is 689 Å². The van der Waals surface area contributed by atoms with Crippen molar-refractivity contribution in [1.82, 2.24) is 28.4 Å². The van der Waals surface area contributed by atoms with Crippen LogP contribution in [0.4, 0.5) is 0 Å². The molecular formula is C85H134N6O26. The van der Waals surface area contributed by atoms with E-state index in [0.717, 1.165) is 65.1 Å². The topological polar surface area (TPSA) is 382 Å². The van der Waals surface area contributed by atoms with Crippen LogP contribution in [0.3, 0.4) is 0 Å². The molecule has 0 aliphatic rings. The molecule has 32 heteroatoms. The van der Waals surface area contributed by atoms with Gasteiger partial charge in [0, 0.05) is 105 Å². The van der Waals surface area contributed by atoms with Gasteiger partial charge in [-0.3, -0.25) is 38.6 Å². The van der Waals surface area contributed by atoms with Crippen molar-refractivity contribution >= 4 is 71.4 Å². The van der Waals surface area contributed by atoms with Crippen LogP contribution >= 0.6 is 0 Å². The fraction of sp³-hybridized carbons (Fsp3) is 0.682. The first-order chi connectivity index (χ1) is 55.4. The van der Waals surface area contributed by atoms with Crippen LogP contribution in [0.2, 0.25) is 0 Å². The van der Waals surface area contributed by atoms with E-state index in [1.54, 1.807) is 0 Å². The molecule has 0 saturated carbocycles. The van der Waals surface area contributed by atoms with E-state index in [4.69, 9.17) is 52.1 Å². The highest BCUT2D eigenvalue weighted by Gasteiger charge is 2.31. The molecule has 0 aromatic carbocycles. The molecule has 0 N–H and O–H groups in total. The van der Waals surface area contributed by atoms with Gasteiger partial charge in [-0.1, -0.05) is 120 Å². The minimum atomic E-state index is -1.30. The molecule has 1 aromatic heterocycles. The lowest BCUT2D eigenvalue weighted by molar-refractivity contribution is -0.164. The first kappa shape index (κ1) is 106. The number of ether oxygens (including phenoxy) is 11. The van der Waals surface area contributed by atoms with Crippen molar-refractivity contribution in [3.63, 3.8) is 0 Å². The lowest BCUT2D eigenvalue weighted by Crippen LogP contribution is -2.58. The Morgan fingerprint density at radius 1 is 0.291 bits per heavy atom. The van der Waals surface area contributed by atoms with Crippen molar-refractivity contribution in [2.75, 3.05) is 98.5 Å². The molecule has 660 valence electrons. The van der Waals surface area contributed by atoms with Crippen LogP contribution in [-0.4, -0.2) is 229 Å². The van der Waals surface area contributed by atoms with Crippen molar-refractivity contribution in [1.29, 1.82) is 0 Å². The standard InChI is InChI=1S/C85H134N6O26/c1-19-25-40-86(41-26-20-2)47-65(46-66(92)34-31-35-74(95)115-69(53-107-77(98)59(7)8)54-108-78(99)60(9)10)48-89-83(104)90(51-67(49-87(42-27-21-3)43-28-22-4)113-72(93)36-32-38-75(96)116-70(55-109-79(100)61(11)12)56-110-80(101)62(13)14)85(106)91(84(89)105)52-68(50-88(44-29-23-5)45-30-24-6)114-73(94)37-33-39-76(97)117-71(57-111-81(102)63(15)16)58-112-82(103)64(17)18/h65,67-71H,7,9,11,13,15,17,19-58H2,1-6,8,10,12,14,16,18H3. The highest BCUT2D eigenvalue weighted by atomic mass is 16.6. The van der Waals surface area contributed by atoms with Crippen LogP contribution in [0.5, 0.6) is 0 Å². The summed E-state index contributed by atoms with van der Waals surface area (Å²) in [5.41, 5.74) is -3.06. The summed E-state index contributed by atoms with van der Waals surface area (Å²) in [5, 5.41) is 0. The zero-order valence-electron chi connectivity index (χ0n) is 71.8. The monoisotopic (exact) mass is 1650 g/mol. The van der Waals surface area contributed by atoms with Crippen molar-refractivity contribution < 1.29 is 110 Å². The van der Waals surface area contributed by atoms with Crippen LogP contribution in [0.25, 0.3) is 0 Å². The van der Waals surface area contributed by atoms with Gasteiger partial charge in [0.25, 0.3) is 0 Å². The lowest BCUT2D eigenvalue weighted by atomic mass is 9.98. The van der Waals surface area contributed by atoms with E-state index < -0.39 is 191 Å². The molecule has 0 radical (unpaired) electrons. The van der Waals surface area contributed by atoms with E-state index in [2.05, 4.69) is 44.4 Å². The van der Waals surface area contributed by atoms with Gasteiger partial charge >= 0.3 is 82.7 Å². The van der Waals surface area contributed by atoms with Gasteiger partial charge in [0.15, 0.2) is 18.3 Å². The molecular weight excluding hydrogens is 1520 g/mol. The molecule has 0 saturated heterocycles. The van der Waals surface area contributed by atoms with E-state index >= 15 is 14.4 Å². The SMILES string of the molecule is C=C(C)C(=O)OCC(COC(=O)C(=C)C)OC(=O)CCCC(=O)CC(CN(CCCC)CCCC)Cn1c(=O)n(CC(CN(CCCC)CCCC)OC(=O)CCCC(=O)OC(COC(=O)C(=C)C)COC(=O)C(=C)C)c(=O)n(CC(CN(CCCC)CCCC)OC(=O)CCCC(=O)OC(COC(=O)C(=C)C)COC(=O)C(=C)C)c1=O. The van der Waals surface area contributed by atoms with Crippen molar-refractivity contribution in [2.45, 2.75) is 274 Å². The Bertz CT molecular complexity index is 3130. The highest BCUT2D eigenvalue weighted by Crippen LogP contribution is 2.18. The summed E-state index contributed by atoms with van der Waals surface area (Å²) in [6.45, 7) is 40.3. The first-order valence-corrected chi connectivity index (χ1v) is 41.0. The van der Waals surface area contributed by atoms with Gasteiger partial charge < -0.3 is 57.0 Å². The second-order valence-electron chi connectivity index (χ2n) is 29.7. The fourth-order valence-corrected chi connectivity index (χ4v) is 11.3. The number of carbonyl (C=O) groups is 12. The summed E-state index contributed by atoms with van der Waals surface area (Å²) in [7, 11) is 0. The molecule has 0 aliphatic heterocycles. The fourth-order valence-electron chi connectivity index (χ4n) is 11.3. The van der Waals surface area contributed by atoms with Crippen LogP contribution in [0.15, 0.2) is 87.3 Å². The third-order valence-corrected chi connectivity index (χ3v) is 17.9. The zero-order valence-corrected chi connectivity index (χ0v) is 71.8. The van der Waals surface area contributed by atoms with Gasteiger partial charge in [0.05, 0.1) is 13.1 Å². The Morgan fingerprint density at radius 3 is 0.718 bits per heavy atom. The summed E-state index contributed by atoms with van der Waals surface area (Å²) in [6.07, 6.45) is -0.137. The smallest absolute Gasteiger partial charge is 0.336 e. The molecule has 32 nitrogen and oxygen atoms in total. The molecule has 1 aromatic rings. The normalized spacial score (nSPS) is 12.0. The van der Waals surface area contributed by atoms with Gasteiger partial charge in [-0.15, -0.1) is 0 Å². The largest absolute Gasteiger partial charge is 0.459 e. The second kappa shape index (κ2) is 60.1. The number of ketones is 1. The Hall–Kier alpha value is -9.43. The lowest BCUT2D eigenvalue weighted by Gasteiger charge is -2.30. The maximum Gasteiger partial charge on any atom is 0.336 e. The number of carbonyl (C=O) groups excluding carboxylic acids is 12. The van der Waals surface area contributed by atoms with Crippen molar-refractivity contribution in [3.8, 4) is 0 Å². The van der Waals surface area contributed by atoms with Crippen LogP contribution < -0.4 is 17.1 Å². The van der Waals surface area contributed by atoms with E-state index in [1.807, 2.05) is 51.3 Å². The van der Waals surface area contributed by atoms with Crippen molar-refractivity contribution in [2.24, 2.45) is 5.92 Å². The minimum Gasteiger partial charge on any atom is -0.459 e. The molecule has 3 unspecified atom stereocenters. The van der Waals surface area contributed by atoms with Gasteiger partial charge in [0.2, 0.25) is 0 Å². The van der Waals surface area contributed by atoms with Crippen LogP contribution in [0, 0.1) is 5.92 Å². The Kier molecular flexibility index (Phi) is 54.2. The van der Waals surface area contributed by atoms with Gasteiger partial charge in [0.1, 0.15) is 57.6 Å². The van der Waals surface area contributed by atoms with E-state index in [-0.39, 0.29) is 110 Å². The second-order valence-corrected chi connectivity index (χ2v) is 29.7. The van der Waals surface area contributed by atoms with E-state index in [1.165, 1.54) is 41.5 Å². The van der Waals surface area contributed by atoms with Gasteiger partial charge in [-0.2, -0.15) is 0 Å².